The molecule has 0 aliphatic heterocycles. The van der Waals surface area contributed by atoms with Gasteiger partial charge in [-0.15, -0.1) is 10.2 Å². The zero-order valence-corrected chi connectivity index (χ0v) is 13.8. The number of hydrogen-bond donors (Lipinski definition) is 1. The molecule has 1 saturated carbocycles. The quantitative estimate of drug-likeness (QED) is 0.835. The highest BCUT2D eigenvalue weighted by atomic mass is 32.2. The third-order valence-corrected chi connectivity index (χ3v) is 5.59. The second-order valence-electron chi connectivity index (χ2n) is 5.25. The number of benzene rings is 1. The summed E-state index contributed by atoms with van der Waals surface area (Å²) < 4.78 is 33.0. The fourth-order valence-electron chi connectivity index (χ4n) is 1.95. The van der Waals surface area contributed by atoms with Gasteiger partial charge in [0.25, 0.3) is 0 Å². The van der Waals surface area contributed by atoms with Crippen molar-refractivity contribution in [2.24, 2.45) is 5.92 Å². The zero-order valence-electron chi connectivity index (χ0n) is 12.2. The molecular formula is C14H17N3O3S2. The molecule has 0 atom stereocenters. The van der Waals surface area contributed by atoms with Gasteiger partial charge in [-0.05, 0) is 37.8 Å². The summed E-state index contributed by atoms with van der Waals surface area (Å²) in [6.45, 7) is 2.56. The van der Waals surface area contributed by atoms with Gasteiger partial charge in [0.1, 0.15) is 22.3 Å². The van der Waals surface area contributed by atoms with Crippen molar-refractivity contribution in [3.63, 3.8) is 0 Å². The summed E-state index contributed by atoms with van der Waals surface area (Å²) in [4.78, 5) is 0.164. The second-order valence-corrected chi connectivity index (χ2v) is 8.25. The molecule has 0 saturated heterocycles. The number of nitrogens with one attached hydrogen (secondary N) is 1. The highest BCUT2D eigenvalue weighted by Gasteiger charge is 2.25. The molecule has 2 aromatic rings. The number of para-hydroxylation sites is 1. The van der Waals surface area contributed by atoms with Gasteiger partial charge in [-0.1, -0.05) is 23.5 Å². The van der Waals surface area contributed by atoms with Gasteiger partial charge in [0.15, 0.2) is 5.01 Å². The van der Waals surface area contributed by atoms with Crippen LogP contribution in [0, 0.1) is 12.8 Å². The summed E-state index contributed by atoms with van der Waals surface area (Å²) in [5, 5.41) is 9.45. The maximum atomic E-state index is 12.4. The average molecular weight is 339 g/mol. The highest BCUT2D eigenvalue weighted by Crippen LogP contribution is 2.29. The summed E-state index contributed by atoms with van der Waals surface area (Å²) >= 11 is 1.43. The lowest BCUT2D eigenvalue weighted by Gasteiger charge is -2.11. The first-order valence-corrected chi connectivity index (χ1v) is 9.35. The molecule has 1 aromatic heterocycles. The predicted molar refractivity (Wildman–Crippen MR) is 83.3 cm³/mol. The van der Waals surface area contributed by atoms with Crippen LogP contribution in [0.2, 0.25) is 0 Å². The third-order valence-electron chi connectivity index (χ3n) is 3.32. The smallest absolute Gasteiger partial charge is 0.244 e. The van der Waals surface area contributed by atoms with Gasteiger partial charge in [-0.25, -0.2) is 13.1 Å². The molecule has 0 radical (unpaired) electrons. The summed E-state index contributed by atoms with van der Waals surface area (Å²) in [6, 6.07) is 6.64. The van der Waals surface area contributed by atoms with Crippen molar-refractivity contribution in [3.8, 4) is 5.75 Å². The Morgan fingerprint density at radius 1 is 1.32 bits per heavy atom. The molecule has 0 amide bonds. The molecule has 8 heteroatoms. The van der Waals surface area contributed by atoms with E-state index in [1.807, 2.05) is 6.92 Å². The van der Waals surface area contributed by atoms with Crippen LogP contribution >= 0.6 is 11.3 Å². The summed E-state index contributed by atoms with van der Waals surface area (Å²) in [6.07, 6.45) is 2.19. The number of sulfonamides is 1. The lowest BCUT2D eigenvalue weighted by atomic mass is 10.3. The van der Waals surface area contributed by atoms with E-state index in [0.717, 1.165) is 22.9 Å². The predicted octanol–water partition coefficient (Wildman–Crippen LogP) is 2.11. The minimum absolute atomic E-state index is 0.164. The molecule has 1 fully saturated rings. The van der Waals surface area contributed by atoms with E-state index in [0.29, 0.717) is 18.2 Å². The first-order valence-electron chi connectivity index (χ1n) is 7.05. The van der Waals surface area contributed by atoms with Crippen molar-refractivity contribution in [3.05, 3.63) is 34.3 Å². The van der Waals surface area contributed by atoms with E-state index in [1.54, 1.807) is 24.3 Å². The van der Waals surface area contributed by atoms with Crippen LogP contribution in [0.15, 0.2) is 29.2 Å². The van der Waals surface area contributed by atoms with Crippen LogP contribution in [0.3, 0.4) is 0 Å². The van der Waals surface area contributed by atoms with Crippen molar-refractivity contribution >= 4 is 21.4 Å². The van der Waals surface area contributed by atoms with E-state index in [4.69, 9.17) is 4.74 Å². The molecular weight excluding hydrogens is 322 g/mol. The number of ether oxygens (including phenoxy) is 1. The maximum Gasteiger partial charge on any atom is 0.244 e. The van der Waals surface area contributed by atoms with E-state index in [2.05, 4.69) is 14.9 Å². The SMILES string of the molecule is Cc1nnc(COc2ccccc2S(=O)(=O)NCC2CC2)s1. The van der Waals surface area contributed by atoms with Gasteiger partial charge in [-0.3, -0.25) is 0 Å². The van der Waals surface area contributed by atoms with Gasteiger partial charge < -0.3 is 4.74 Å². The Kier molecular flexibility index (Phi) is 4.42. The molecule has 1 heterocycles. The number of rotatable bonds is 7. The Morgan fingerprint density at radius 3 is 2.77 bits per heavy atom. The van der Waals surface area contributed by atoms with Crippen molar-refractivity contribution in [2.45, 2.75) is 31.3 Å². The Labute approximate surface area is 133 Å². The molecule has 1 aromatic carbocycles. The van der Waals surface area contributed by atoms with Crippen LogP contribution in [0.25, 0.3) is 0 Å². The highest BCUT2D eigenvalue weighted by molar-refractivity contribution is 7.89. The largest absolute Gasteiger partial charge is 0.485 e. The topological polar surface area (TPSA) is 81.2 Å². The average Bonchev–Trinajstić information content (AvgIpc) is 3.25. The first-order chi connectivity index (χ1) is 10.5. The molecule has 0 unspecified atom stereocenters. The molecule has 6 nitrogen and oxygen atoms in total. The molecule has 1 aliphatic rings. The van der Waals surface area contributed by atoms with E-state index < -0.39 is 10.0 Å². The van der Waals surface area contributed by atoms with Crippen LogP contribution in [0.4, 0.5) is 0 Å². The Balaban J connectivity index is 1.73. The fourth-order valence-corrected chi connectivity index (χ4v) is 3.84. The molecule has 118 valence electrons. The van der Waals surface area contributed by atoms with E-state index >= 15 is 0 Å². The first kappa shape index (κ1) is 15.4. The molecule has 22 heavy (non-hydrogen) atoms. The van der Waals surface area contributed by atoms with Gasteiger partial charge in [-0.2, -0.15) is 0 Å². The Hall–Kier alpha value is -1.51. The van der Waals surface area contributed by atoms with Crippen molar-refractivity contribution < 1.29 is 13.2 Å². The lowest BCUT2D eigenvalue weighted by Crippen LogP contribution is -2.26. The molecule has 0 bridgehead atoms. The van der Waals surface area contributed by atoms with Crippen molar-refractivity contribution in [1.29, 1.82) is 0 Å². The number of hydrogen-bond acceptors (Lipinski definition) is 6. The minimum Gasteiger partial charge on any atom is -0.485 e. The van der Waals surface area contributed by atoms with Gasteiger partial charge in [0, 0.05) is 6.54 Å². The Bertz CT molecular complexity index is 754. The zero-order chi connectivity index (χ0) is 15.6. The minimum atomic E-state index is -3.55. The van der Waals surface area contributed by atoms with Crippen LogP contribution in [-0.2, 0) is 16.6 Å². The van der Waals surface area contributed by atoms with Crippen LogP contribution < -0.4 is 9.46 Å². The normalized spacial score (nSPS) is 15.0. The van der Waals surface area contributed by atoms with Crippen LogP contribution in [-0.4, -0.2) is 25.2 Å². The van der Waals surface area contributed by atoms with Crippen molar-refractivity contribution in [2.75, 3.05) is 6.54 Å². The van der Waals surface area contributed by atoms with Crippen LogP contribution in [0.5, 0.6) is 5.75 Å². The number of aromatic nitrogens is 2. The summed E-state index contributed by atoms with van der Waals surface area (Å²) in [5.74, 6) is 0.811. The van der Waals surface area contributed by atoms with E-state index in [-0.39, 0.29) is 11.5 Å². The molecule has 1 aliphatic carbocycles. The standard InChI is InChI=1S/C14H17N3O3S2/c1-10-16-17-14(21-10)9-20-12-4-2-3-5-13(12)22(18,19)15-8-11-6-7-11/h2-5,11,15H,6-9H2,1H3. The van der Waals surface area contributed by atoms with Gasteiger partial charge >= 0.3 is 0 Å². The van der Waals surface area contributed by atoms with Gasteiger partial charge in [0.05, 0.1) is 0 Å². The molecule has 0 spiro atoms. The van der Waals surface area contributed by atoms with Crippen LogP contribution in [0.1, 0.15) is 22.9 Å². The molecule has 3 rings (SSSR count). The fraction of sp³-hybridized carbons (Fsp3) is 0.429. The second kappa shape index (κ2) is 6.31. The van der Waals surface area contributed by atoms with E-state index in [9.17, 15) is 8.42 Å². The van der Waals surface area contributed by atoms with Gasteiger partial charge in [0.2, 0.25) is 10.0 Å². The maximum absolute atomic E-state index is 12.4. The summed E-state index contributed by atoms with van der Waals surface area (Å²) in [7, 11) is -3.55. The monoisotopic (exact) mass is 339 g/mol. The number of aryl methyl sites for hydroxylation is 1. The lowest BCUT2D eigenvalue weighted by molar-refractivity contribution is 0.296. The number of nitrogens with zero attached hydrogens (tertiary/aromatic N) is 2. The third kappa shape index (κ3) is 3.82. The van der Waals surface area contributed by atoms with Crippen molar-refractivity contribution in [1.82, 2.24) is 14.9 Å². The Morgan fingerprint density at radius 2 is 2.09 bits per heavy atom. The van der Waals surface area contributed by atoms with E-state index in [1.165, 1.54) is 11.3 Å². The summed E-state index contributed by atoms with van der Waals surface area (Å²) in [5.41, 5.74) is 0. The molecule has 1 N–H and O–H groups in total.